The Kier molecular flexibility index (Phi) is 6.29. The van der Waals surface area contributed by atoms with Crippen LogP contribution in [0.3, 0.4) is 0 Å². The van der Waals surface area contributed by atoms with Crippen LogP contribution in [-0.2, 0) is 17.6 Å². The number of rotatable bonds is 8. The number of hydrogen-bond acceptors (Lipinski definition) is 3. The van der Waals surface area contributed by atoms with Crippen LogP contribution in [0.4, 0.5) is 0 Å². The van der Waals surface area contributed by atoms with Crippen molar-refractivity contribution in [2.45, 2.75) is 32.6 Å². The van der Waals surface area contributed by atoms with Crippen LogP contribution < -0.4 is 10.1 Å². The highest BCUT2D eigenvalue weighted by Gasteiger charge is 2.14. The molecule has 1 heterocycles. The minimum absolute atomic E-state index is 0.134. The highest BCUT2D eigenvalue weighted by atomic mass is 32.1. The number of benzene rings is 2. The molecule has 1 amide bonds. The summed E-state index contributed by atoms with van der Waals surface area (Å²) in [6, 6.07) is 16.8. The largest absolute Gasteiger partial charge is 0.497 e. The Bertz CT molecular complexity index is 870. The van der Waals surface area contributed by atoms with Crippen LogP contribution in [0.5, 0.6) is 5.75 Å². The molecule has 0 saturated carbocycles. The van der Waals surface area contributed by atoms with E-state index in [4.69, 9.17) is 4.74 Å². The van der Waals surface area contributed by atoms with E-state index in [1.165, 1.54) is 26.1 Å². The highest BCUT2D eigenvalue weighted by molar-refractivity contribution is 7.19. The topological polar surface area (TPSA) is 38.3 Å². The van der Waals surface area contributed by atoms with Crippen molar-refractivity contribution in [1.82, 2.24) is 5.32 Å². The summed E-state index contributed by atoms with van der Waals surface area (Å²) in [4.78, 5) is 13.1. The van der Waals surface area contributed by atoms with E-state index < -0.39 is 0 Å². The van der Waals surface area contributed by atoms with Crippen molar-refractivity contribution in [3.63, 3.8) is 0 Å². The molecule has 3 nitrogen and oxygen atoms in total. The Morgan fingerprint density at radius 1 is 1.15 bits per heavy atom. The van der Waals surface area contributed by atoms with Crippen molar-refractivity contribution in [3.05, 3.63) is 64.5 Å². The monoisotopic (exact) mass is 367 g/mol. The number of nitrogens with one attached hydrogen (secondary N) is 1. The van der Waals surface area contributed by atoms with Gasteiger partial charge < -0.3 is 10.1 Å². The van der Waals surface area contributed by atoms with Crippen molar-refractivity contribution in [3.8, 4) is 5.75 Å². The summed E-state index contributed by atoms with van der Waals surface area (Å²) in [5, 5.41) is 4.28. The van der Waals surface area contributed by atoms with Gasteiger partial charge >= 0.3 is 0 Å². The number of amides is 1. The first-order valence-corrected chi connectivity index (χ1v) is 9.91. The van der Waals surface area contributed by atoms with Crippen LogP contribution in [0, 0.1) is 0 Å². The van der Waals surface area contributed by atoms with Crippen LogP contribution in [-0.4, -0.2) is 19.6 Å². The van der Waals surface area contributed by atoms with E-state index in [1.807, 2.05) is 30.4 Å². The number of ether oxygens (including phenoxy) is 1. The summed E-state index contributed by atoms with van der Waals surface area (Å²) in [5.41, 5.74) is 2.63. The maximum atomic E-state index is 11.8. The van der Waals surface area contributed by atoms with Crippen molar-refractivity contribution in [2.24, 2.45) is 0 Å². The first-order valence-electron chi connectivity index (χ1n) is 9.10. The molecule has 26 heavy (non-hydrogen) atoms. The molecule has 4 heteroatoms. The summed E-state index contributed by atoms with van der Waals surface area (Å²) in [7, 11) is 1.70. The molecule has 0 spiro atoms. The van der Waals surface area contributed by atoms with E-state index in [-0.39, 0.29) is 5.91 Å². The average molecular weight is 368 g/mol. The Labute approximate surface area is 159 Å². The lowest BCUT2D eigenvalue weighted by atomic mass is 10.0. The molecule has 0 aliphatic carbocycles. The van der Waals surface area contributed by atoms with Gasteiger partial charge in [-0.2, -0.15) is 0 Å². The molecule has 0 radical (unpaired) electrons. The number of carbonyl (C=O) groups excluding carboxylic acids is 1. The van der Waals surface area contributed by atoms with E-state index in [1.54, 1.807) is 7.11 Å². The van der Waals surface area contributed by atoms with Crippen molar-refractivity contribution in [2.75, 3.05) is 13.7 Å². The quantitative estimate of drug-likeness (QED) is 0.611. The lowest BCUT2D eigenvalue weighted by Gasteiger charge is -2.08. The molecule has 1 N–H and O–H groups in total. The molecule has 0 unspecified atom stereocenters. The summed E-state index contributed by atoms with van der Waals surface area (Å²) in [6.07, 6.45) is 3.23. The Hall–Kier alpha value is -2.33. The fraction of sp³-hybridized carbons (Fsp3) is 0.318. The first-order chi connectivity index (χ1) is 12.7. The normalized spacial score (nSPS) is 10.8. The third kappa shape index (κ3) is 4.44. The van der Waals surface area contributed by atoms with Gasteiger partial charge in [0.2, 0.25) is 5.91 Å². The molecule has 3 rings (SSSR count). The van der Waals surface area contributed by atoms with Gasteiger partial charge in [0.1, 0.15) is 5.75 Å². The highest BCUT2D eigenvalue weighted by Crippen LogP contribution is 2.35. The second-order valence-electron chi connectivity index (χ2n) is 6.38. The Morgan fingerprint density at radius 2 is 1.96 bits per heavy atom. The lowest BCUT2D eigenvalue weighted by molar-refractivity contribution is -0.121. The Morgan fingerprint density at radius 3 is 2.69 bits per heavy atom. The first kappa shape index (κ1) is 18.5. The molecule has 0 aliphatic rings. The molecule has 3 aromatic rings. The fourth-order valence-corrected chi connectivity index (χ4v) is 4.41. The number of carbonyl (C=O) groups is 1. The van der Waals surface area contributed by atoms with Crippen LogP contribution in [0.15, 0.2) is 48.5 Å². The van der Waals surface area contributed by atoms with Gasteiger partial charge in [0.25, 0.3) is 0 Å². The van der Waals surface area contributed by atoms with Crippen LogP contribution in [0.2, 0.25) is 0 Å². The van der Waals surface area contributed by atoms with Gasteiger partial charge in [0.15, 0.2) is 0 Å². The van der Waals surface area contributed by atoms with E-state index in [0.29, 0.717) is 13.0 Å². The van der Waals surface area contributed by atoms with E-state index in [0.717, 1.165) is 25.0 Å². The van der Waals surface area contributed by atoms with E-state index in [9.17, 15) is 4.79 Å². The Balaban J connectivity index is 1.88. The maximum Gasteiger partial charge on any atom is 0.219 e. The zero-order valence-corrected chi connectivity index (χ0v) is 16.2. The van der Waals surface area contributed by atoms with Gasteiger partial charge in [0, 0.05) is 29.0 Å². The zero-order valence-electron chi connectivity index (χ0n) is 15.4. The SMILES string of the molecule is CCCC(=O)NCCc1c(Cc2ccccc2)sc2ccc(OC)cc12. The minimum Gasteiger partial charge on any atom is -0.497 e. The molecular formula is C22H25NO2S. The third-order valence-electron chi connectivity index (χ3n) is 4.46. The average Bonchev–Trinajstić information content (AvgIpc) is 2.99. The minimum atomic E-state index is 0.134. The van der Waals surface area contributed by atoms with E-state index in [2.05, 4.69) is 41.7 Å². The zero-order chi connectivity index (χ0) is 18.4. The van der Waals surface area contributed by atoms with Gasteiger partial charge in [-0.05, 0) is 47.6 Å². The molecule has 0 bridgehead atoms. The van der Waals surface area contributed by atoms with Crippen LogP contribution >= 0.6 is 11.3 Å². The van der Waals surface area contributed by atoms with Crippen LogP contribution in [0.1, 0.15) is 35.8 Å². The van der Waals surface area contributed by atoms with Gasteiger partial charge in [-0.25, -0.2) is 0 Å². The summed E-state index contributed by atoms with van der Waals surface area (Å²) >= 11 is 1.84. The van der Waals surface area contributed by atoms with Crippen molar-refractivity contribution >= 4 is 27.3 Å². The molecule has 136 valence electrons. The lowest BCUT2D eigenvalue weighted by Crippen LogP contribution is -2.25. The standard InChI is InChI=1S/C22H25NO2S/c1-3-7-22(24)23-13-12-18-19-15-17(25-2)10-11-20(19)26-21(18)14-16-8-5-4-6-9-16/h4-6,8-11,15H,3,7,12-14H2,1-2H3,(H,23,24). The maximum absolute atomic E-state index is 11.8. The summed E-state index contributed by atoms with van der Waals surface area (Å²) in [6.45, 7) is 2.69. The fourth-order valence-electron chi connectivity index (χ4n) is 3.15. The summed E-state index contributed by atoms with van der Waals surface area (Å²) in [5.74, 6) is 1.01. The molecule has 0 atom stereocenters. The summed E-state index contributed by atoms with van der Waals surface area (Å²) < 4.78 is 6.68. The van der Waals surface area contributed by atoms with Gasteiger partial charge in [-0.3, -0.25) is 4.79 Å². The number of hydrogen-bond donors (Lipinski definition) is 1. The number of fused-ring (bicyclic) bond motifs is 1. The van der Waals surface area contributed by atoms with Gasteiger partial charge in [-0.15, -0.1) is 11.3 Å². The third-order valence-corrected chi connectivity index (χ3v) is 5.68. The number of methoxy groups -OCH3 is 1. The number of thiophene rings is 1. The van der Waals surface area contributed by atoms with Gasteiger partial charge in [0.05, 0.1) is 7.11 Å². The smallest absolute Gasteiger partial charge is 0.219 e. The molecule has 1 aromatic heterocycles. The molecule has 0 aliphatic heterocycles. The molecular weight excluding hydrogens is 342 g/mol. The van der Waals surface area contributed by atoms with Gasteiger partial charge in [-0.1, -0.05) is 37.3 Å². The van der Waals surface area contributed by atoms with E-state index >= 15 is 0 Å². The van der Waals surface area contributed by atoms with Crippen molar-refractivity contribution < 1.29 is 9.53 Å². The van der Waals surface area contributed by atoms with Crippen LogP contribution in [0.25, 0.3) is 10.1 Å². The molecule has 2 aromatic carbocycles. The van der Waals surface area contributed by atoms with Crippen molar-refractivity contribution in [1.29, 1.82) is 0 Å². The second kappa shape index (κ2) is 8.86. The molecule has 0 saturated heterocycles. The molecule has 0 fully saturated rings. The predicted octanol–water partition coefficient (Wildman–Crippen LogP) is 4.96. The predicted molar refractivity (Wildman–Crippen MR) is 109 cm³/mol. The second-order valence-corrected chi connectivity index (χ2v) is 7.51.